The van der Waals surface area contributed by atoms with Gasteiger partial charge in [0.15, 0.2) is 5.96 Å². The third-order valence-corrected chi connectivity index (χ3v) is 5.28. The lowest BCUT2D eigenvalue weighted by Gasteiger charge is -2.19. The van der Waals surface area contributed by atoms with Gasteiger partial charge in [0.05, 0.1) is 6.61 Å². The number of rotatable bonds is 10. The molecule has 0 radical (unpaired) electrons. The maximum Gasteiger partial charge on any atom is 0.191 e. The Morgan fingerprint density at radius 3 is 2.97 bits per heavy atom. The van der Waals surface area contributed by atoms with Crippen molar-refractivity contribution in [2.75, 3.05) is 26.3 Å². The van der Waals surface area contributed by atoms with Crippen LogP contribution in [0.4, 0.5) is 0 Å². The largest absolute Gasteiger partial charge is 0.381 e. The minimum absolute atomic E-state index is 0.336. The monoisotopic (exact) mass is 398 g/mol. The Balaban J connectivity index is 1.51. The van der Waals surface area contributed by atoms with E-state index in [9.17, 15) is 0 Å². The molecule has 2 atom stereocenters. The van der Waals surface area contributed by atoms with Crippen molar-refractivity contribution >= 4 is 5.96 Å². The number of nitrogens with zero attached hydrogens (tertiary/aromatic N) is 4. The number of guanidine groups is 1. The minimum Gasteiger partial charge on any atom is -0.381 e. The summed E-state index contributed by atoms with van der Waals surface area (Å²) in [4.78, 5) is 4.84. The van der Waals surface area contributed by atoms with Crippen LogP contribution in [-0.2, 0) is 24.1 Å². The summed E-state index contributed by atoms with van der Waals surface area (Å²) < 4.78 is 7.58. The molecule has 1 aromatic heterocycles. The number of aryl methyl sites for hydroxylation is 2. The molecule has 3 rings (SSSR count). The maximum atomic E-state index is 5.49. The highest BCUT2D eigenvalue weighted by Gasteiger charge is 2.15. The standard InChI is InChI=1S/C22H34N6O/c1-3-21-27-25-17-28(21)13-12-23-22(24-15-20-11-14-29-16-20)26-18(2)9-10-19-7-5-4-6-8-19/h4-8,17-18,20H,3,9-16H2,1-2H3,(H2,23,24,26). The van der Waals surface area contributed by atoms with E-state index in [0.29, 0.717) is 12.0 Å². The summed E-state index contributed by atoms with van der Waals surface area (Å²) in [5, 5.41) is 15.2. The molecule has 0 aliphatic carbocycles. The van der Waals surface area contributed by atoms with Crippen molar-refractivity contribution < 1.29 is 4.74 Å². The summed E-state index contributed by atoms with van der Waals surface area (Å²) in [5.74, 6) is 2.42. The summed E-state index contributed by atoms with van der Waals surface area (Å²) in [6.07, 6.45) is 5.89. The highest BCUT2D eigenvalue weighted by molar-refractivity contribution is 5.80. The number of aliphatic imine (C=N–C) groups is 1. The molecule has 0 saturated carbocycles. The lowest BCUT2D eigenvalue weighted by molar-refractivity contribution is 0.187. The van der Waals surface area contributed by atoms with E-state index in [1.54, 1.807) is 6.33 Å². The van der Waals surface area contributed by atoms with Crippen LogP contribution in [0.3, 0.4) is 0 Å². The Morgan fingerprint density at radius 2 is 2.21 bits per heavy atom. The first-order valence-corrected chi connectivity index (χ1v) is 10.8. The van der Waals surface area contributed by atoms with Crippen LogP contribution in [0.5, 0.6) is 0 Å². The fourth-order valence-electron chi connectivity index (χ4n) is 3.47. The fraction of sp³-hybridized carbons (Fsp3) is 0.591. The van der Waals surface area contributed by atoms with Crippen LogP contribution in [0, 0.1) is 5.92 Å². The van der Waals surface area contributed by atoms with Gasteiger partial charge in [-0.3, -0.25) is 4.99 Å². The molecule has 0 bridgehead atoms. The molecule has 7 nitrogen and oxygen atoms in total. The molecule has 1 aliphatic rings. The van der Waals surface area contributed by atoms with Gasteiger partial charge in [-0.1, -0.05) is 37.3 Å². The quantitative estimate of drug-likeness (QED) is 0.475. The van der Waals surface area contributed by atoms with Crippen LogP contribution in [0.25, 0.3) is 0 Å². The van der Waals surface area contributed by atoms with Crippen LogP contribution in [0.2, 0.25) is 0 Å². The Bertz CT molecular complexity index is 739. The number of hydrogen-bond acceptors (Lipinski definition) is 4. The molecule has 0 amide bonds. The van der Waals surface area contributed by atoms with Crippen molar-refractivity contribution in [2.24, 2.45) is 10.9 Å². The van der Waals surface area contributed by atoms with Crippen LogP contribution < -0.4 is 10.6 Å². The molecule has 1 fully saturated rings. The number of aromatic nitrogens is 3. The van der Waals surface area contributed by atoms with Gasteiger partial charge >= 0.3 is 0 Å². The molecule has 2 N–H and O–H groups in total. The van der Waals surface area contributed by atoms with Crippen LogP contribution >= 0.6 is 0 Å². The number of hydrogen-bond donors (Lipinski definition) is 2. The molecule has 2 aromatic rings. The van der Waals surface area contributed by atoms with E-state index in [1.807, 2.05) is 0 Å². The maximum absolute atomic E-state index is 5.49. The molecule has 7 heteroatoms. The normalized spacial score (nSPS) is 18.0. The van der Waals surface area contributed by atoms with E-state index in [4.69, 9.17) is 9.73 Å². The molecule has 2 unspecified atom stereocenters. The van der Waals surface area contributed by atoms with Crippen molar-refractivity contribution in [3.63, 3.8) is 0 Å². The lowest BCUT2D eigenvalue weighted by Crippen LogP contribution is -2.44. The third kappa shape index (κ3) is 7.16. The number of ether oxygens (including phenoxy) is 1. The first-order chi connectivity index (χ1) is 14.2. The SMILES string of the molecule is CCc1nncn1CCNC(=NCC1CCOC1)NC(C)CCc1ccccc1. The van der Waals surface area contributed by atoms with Gasteiger partial charge in [-0.2, -0.15) is 0 Å². The van der Waals surface area contributed by atoms with Gasteiger partial charge in [-0.15, -0.1) is 10.2 Å². The average Bonchev–Trinajstić information content (AvgIpc) is 3.43. The van der Waals surface area contributed by atoms with E-state index in [0.717, 1.165) is 70.3 Å². The Morgan fingerprint density at radius 1 is 1.34 bits per heavy atom. The molecule has 1 aromatic carbocycles. The Kier molecular flexibility index (Phi) is 8.49. The first kappa shape index (κ1) is 21.3. The predicted molar refractivity (Wildman–Crippen MR) is 116 cm³/mol. The molecule has 0 spiro atoms. The fourth-order valence-corrected chi connectivity index (χ4v) is 3.47. The highest BCUT2D eigenvalue weighted by Crippen LogP contribution is 2.12. The highest BCUT2D eigenvalue weighted by atomic mass is 16.5. The van der Waals surface area contributed by atoms with Gasteiger partial charge in [-0.25, -0.2) is 0 Å². The topological polar surface area (TPSA) is 76.4 Å². The molecular weight excluding hydrogens is 364 g/mol. The van der Waals surface area contributed by atoms with Gasteiger partial charge < -0.3 is 19.9 Å². The zero-order valence-corrected chi connectivity index (χ0v) is 17.7. The molecular formula is C22H34N6O. The van der Waals surface area contributed by atoms with E-state index in [1.165, 1.54) is 5.56 Å². The van der Waals surface area contributed by atoms with Crippen LogP contribution in [-0.4, -0.2) is 53.1 Å². The smallest absolute Gasteiger partial charge is 0.191 e. The zero-order chi connectivity index (χ0) is 20.3. The minimum atomic E-state index is 0.336. The Hall–Kier alpha value is -2.41. The zero-order valence-electron chi connectivity index (χ0n) is 17.7. The Labute approximate surface area is 174 Å². The van der Waals surface area contributed by atoms with Gasteiger partial charge in [-0.05, 0) is 31.7 Å². The predicted octanol–water partition coefficient (Wildman–Crippen LogP) is 2.43. The van der Waals surface area contributed by atoms with Crippen LogP contribution in [0.15, 0.2) is 41.7 Å². The van der Waals surface area contributed by atoms with Crippen molar-refractivity contribution in [3.05, 3.63) is 48.0 Å². The van der Waals surface area contributed by atoms with Crippen molar-refractivity contribution in [3.8, 4) is 0 Å². The molecule has 158 valence electrons. The second kappa shape index (κ2) is 11.6. The van der Waals surface area contributed by atoms with Gasteiger partial charge in [0.25, 0.3) is 0 Å². The first-order valence-electron chi connectivity index (χ1n) is 10.8. The molecule has 29 heavy (non-hydrogen) atoms. The van der Waals surface area contributed by atoms with E-state index in [-0.39, 0.29) is 0 Å². The molecule has 1 saturated heterocycles. The third-order valence-electron chi connectivity index (χ3n) is 5.28. The summed E-state index contributed by atoms with van der Waals surface area (Å²) in [5.41, 5.74) is 1.37. The average molecular weight is 399 g/mol. The molecule has 2 heterocycles. The second-order valence-corrected chi connectivity index (χ2v) is 7.71. The van der Waals surface area contributed by atoms with Crippen molar-refractivity contribution in [1.82, 2.24) is 25.4 Å². The van der Waals surface area contributed by atoms with E-state index < -0.39 is 0 Å². The van der Waals surface area contributed by atoms with Crippen molar-refractivity contribution in [2.45, 2.75) is 52.1 Å². The summed E-state index contributed by atoms with van der Waals surface area (Å²) in [7, 11) is 0. The van der Waals surface area contributed by atoms with Gasteiger partial charge in [0.2, 0.25) is 0 Å². The number of nitrogens with one attached hydrogen (secondary N) is 2. The lowest BCUT2D eigenvalue weighted by atomic mass is 10.1. The second-order valence-electron chi connectivity index (χ2n) is 7.71. The van der Waals surface area contributed by atoms with Crippen molar-refractivity contribution in [1.29, 1.82) is 0 Å². The summed E-state index contributed by atoms with van der Waals surface area (Å²) in [6, 6.07) is 11.0. The number of benzene rings is 1. The van der Waals surface area contributed by atoms with Crippen LogP contribution in [0.1, 0.15) is 38.1 Å². The van der Waals surface area contributed by atoms with Gasteiger partial charge in [0, 0.05) is 44.6 Å². The van der Waals surface area contributed by atoms with E-state index in [2.05, 4.69) is 69.6 Å². The van der Waals surface area contributed by atoms with E-state index >= 15 is 0 Å². The summed E-state index contributed by atoms with van der Waals surface area (Å²) in [6.45, 7) is 8.39. The molecule has 1 aliphatic heterocycles. The summed E-state index contributed by atoms with van der Waals surface area (Å²) >= 11 is 0. The van der Waals surface area contributed by atoms with Gasteiger partial charge in [0.1, 0.15) is 12.2 Å².